The molecule has 0 saturated carbocycles. The lowest BCUT2D eigenvalue weighted by molar-refractivity contribution is -0.142. The Morgan fingerprint density at radius 3 is 2.21 bits per heavy atom. The first-order valence-electron chi connectivity index (χ1n) is 8.66. The number of ether oxygens (including phenoxy) is 1. The molecular weight excluding hydrogens is 386 g/mol. The van der Waals surface area contributed by atoms with Crippen molar-refractivity contribution in [2.75, 3.05) is 13.2 Å². The van der Waals surface area contributed by atoms with Gasteiger partial charge in [0.2, 0.25) is 0 Å². The number of benzene rings is 2. The first-order valence-corrected chi connectivity index (χ1v) is 10.0. The SMILES string of the molecule is O=C(O)C1CCOS(=O)(=O)N1C(=O)OCC1c2ccccc2-c2ccccc21. The summed E-state index contributed by atoms with van der Waals surface area (Å²) in [6.07, 6.45) is -1.40. The summed E-state index contributed by atoms with van der Waals surface area (Å²) in [6, 6.07) is 13.8. The molecule has 2 aromatic carbocycles. The largest absolute Gasteiger partial charge is 0.480 e. The van der Waals surface area contributed by atoms with Gasteiger partial charge in [-0.05, 0) is 22.3 Å². The fourth-order valence-corrected chi connectivity index (χ4v) is 4.86. The van der Waals surface area contributed by atoms with Gasteiger partial charge in [-0.15, -0.1) is 0 Å². The van der Waals surface area contributed by atoms with E-state index in [1.165, 1.54) is 0 Å². The predicted octanol–water partition coefficient (Wildman–Crippen LogP) is 2.36. The molecule has 0 radical (unpaired) electrons. The highest BCUT2D eigenvalue weighted by Crippen LogP contribution is 2.44. The zero-order valence-electron chi connectivity index (χ0n) is 14.6. The summed E-state index contributed by atoms with van der Waals surface area (Å²) in [4.78, 5) is 23.9. The maximum absolute atomic E-state index is 12.5. The van der Waals surface area contributed by atoms with E-state index in [9.17, 15) is 23.1 Å². The molecule has 0 bridgehead atoms. The van der Waals surface area contributed by atoms with Gasteiger partial charge in [0.15, 0.2) is 6.04 Å². The number of fused-ring (bicyclic) bond motifs is 3. The number of carboxylic acid groups (broad SMARTS) is 1. The summed E-state index contributed by atoms with van der Waals surface area (Å²) in [5.41, 5.74) is 3.97. The van der Waals surface area contributed by atoms with Gasteiger partial charge in [0.05, 0.1) is 6.61 Å². The maximum Gasteiger partial charge on any atom is 0.426 e. The van der Waals surface area contributed by atoms with E-state index in [0.29, 0.717) is 0 Å². The van der Waals surface area contributed by atoms with Crippen LogP contribution in [-0.2, 0) is 24.0 Å². The Bertz CT molecular complexity index is 1000. The minimum Gasteiger partial charge on any atom is -0.480 e. The highest BCUT2D eigenvalue weighted by molar-refractivity contribution is 7.85. The Labute approximate surface area is 161 Å². The van der Waals surface area contributed by atoms with E-state index in [2.05, 4.69) is 4.18 Å². The van der Waals surface area contributed by atoms with Crippen LogP contribution in [0.25, 0.3) is 11.1 Å². The second-order valence-electron chi connectivity index (χ2n) is 6.52. The number of carboxylic acids is 1. The lowest BCUT2D eigenvalue weighted by atomic mass is 9.98. The molecule has 4 rings (SSSR count). The van der Waals surface area contributed by atoms with Crippen LogP contribution in [-0.4, -0.2) is 49.1 Å². The number of rotatable bonds is 3. The van der Waals surface area contributed by atoms with Crippen LogP contribution in [0.2, 0.25) is 0 Å². The molecule has 1 fully saturated rings. The van der Waals surface area contributed by atoms with Crippen molar-refractivity contribution in [3.63, 3.8) is 0 Å². The van der Waals surface area contributed by atoms with Crippen molar-refractivity contribution < 1.29 is 32.0 Å². The summed E-state index contributed by atoms with van der Waals surface area (Å²) < 4.78 is 34.2. The summed E-state index contributed by atoms with van der Waals surface area (Å²) in [6.45, 7) is -0.419. The van der Waals surface area contributed by atoms with E-state index < -0.39 is 28.4 Å². The lowest BCUT2D eigenvalue weighted by Crippen LogP contribution is -2.53. The van der Waals surface area contributed by atoms with Gasteiger partial charge in [-0.1, -0.05) is 48.5 Å². The molecule has 1 saturated heterocycles. The molecule has 2 aromatic rings. The molecule has 1 aliphatic heterocycles. The van der Waals surface area contributed by atoms with Gasteiger partial charge in [0.25, 0.3) is 0 Å². The Balaban J connectivity index is 1.59. The van der Waals surface area contributed by atoms with Crippen LogP contribution in [0.15, 0.2) is 48.5 Å². The quantitative estimate of drug-likeness (QED) is 0.837. The van der Waals surface area contributed by atoms with Gasteiger partial charge >= 0.3 is 22.4 Å². The topological polar surface area (TPSA) is 110 Å². The van der Waals surface area contributed by atoms with E-state index in [1.54, 1.807) is 0 Å². The Kier molecular flexibility index (Phi) is 4.56. The van der Waals surface area contributed by atoms with Crippen molar-refractivity contribution in [2.24, 2.45) is 0 Å². The summed E-state index contributed by atoms with van der Waals surface area (Å²) in [7, 11) is -4.51. The normalized spacial score (nSPS) is 20.3. The smallest absolute Gasteiger partial charge is 0.426 e. The minimum atomic E-state index is -4.51. The lowest BCUT2D eigenvalue weighted by Gasteiger charge is -2.30. The van der Waals surface area contributed by atoms with Crippen molar-refractivity contribution >= 4 is 22.4 Å². The molecule has 1 atom stereocenters. The van der Waals surface area contributed by atoms with Crippen molar-refractivity contribution in [1.82, 2.24) is 4.31 Å². The molecular formula is C19H17NO7S. The Morgan fingerprint density at radius 1 is 1.07 bits per heavy atom. The number of carbonyl (C=O) groups excluding carboxylic acids is 1. The van der Waals surface area contributed by atoms with E-state index in [-0.39, 0.29) is 29.9 Å². The molecule has 0 spiro atoms. The molecule has 146 valence electrons. The maximum atomic E-state index is 12.5. The zero-order valence-corrected chi connectivity index (χ0v) is 15.5. The molecule has 1 heterocycles. The standard InChI is InChI=1S/C19H17NO7S/c21-18(22)17-9-10-27-28(24,25)20(17)19(23)26-11-16-14-7-3-1-5-12(14)13-6-2-4-8-15(13)16/h1-8,16-17H,9-11H2,(H,21,22). The van der Waals surface area contributed by atoms with E-state index in [0.717, 1.165) is 22.3 Å². The second-order valence-corrected chi connectivity index (χ2v) is 8.01. The monoisotopic (exact) mass is 403 g/mol. The molecule has 9 heteroatoms. The average Bonchev–Trinajstić information content (AvgIpc) is 2.99. The summed E-state index contributed by atoms with van der Waals surface area (Å²) in [5.74, 6) is -1.70. The van der Waals surface area contributed by atoms with Gasteiger partial charge in [-0.25, -0.2) is 9.59 Å². The number of hydrogen-bond donors (Lipinski definition) is 1. The van der Waals surface area contributed by atoms with E-state index >= 15 is 0 Å². The Hall–Kier alpha value is -2.91. The van der Waals surface area contributed by atoms with Crippen molar-refractivity contribution in [2.45, 2.75) is 18.4 Å². The average molecular weight is 403 g/mol. The van der Waals surface area contributed by atoms with Crippen LogP contribution in [0.3, 0.4) is 0 Å². The first-order chi connectivity index (χ1) is 13.4. The molecule has 0 aromatic heterocycles. The van der Waals surface area contributed by atoms with Crippen LogP contribution >= 0.6 is 0 Å². The van der Waals surface area contributed by atoms with E-state index in [1.807, 2.05) is 48.5 Å². The Morgan fingerprint density at radius 2 is 1.64 bits per heavy atom. The highest BCUT2D eigenvalue weighted by atomic mass is 32.2. The number of amides is 1. The van der Waals surface area contributed by atoms with Crippen LogP contribution in [0.5, 0.6) is 0 Å². The van der Waals surface area contributed by atoms with Crippen molar-refractivity contribution in [3.05, 3.63) is 59.7 Å². The molecule has 28 heavy (non-hydrogen) atoms. The van der Waals surface area contributed by atoms with Crippen LogP contribution in [0.4, 0.5) is 4.79 Å². The third-order valence-corrected chi connectivity index (χ3v) is 6.30. The third kappa shape index (κ3) is 3.02. The second kappa shape index (κ2) is 6.92. The number of aliphatic carboxylic acids is 1. The van der Waals surface area contributed by atoms with Gasteiger partial charge in [-0.3, -0.25) is 4.18 Å². The van der Waals surface area contributed by atoms with Gasteiger partial charge in [0, 0.05) is 12.3 Å². The molecule has 1 amide bonds. The molecule has 1 aliphatic carbocycles. The van der Waals surface area contributed by atoms with Crippen LogP contribution in [0.1, 0.15) is 23.5 Å². The number of carbonyl (C=O) groups is 2. The van der Waals surface area contributed by atoms with Crippen molar-refractivity contribution in [1.29, 1.82) is 0 Å². The molecule has 1 N–H and O–H groups in total. The summed E-state index contributed by atoms with van der Waals surface area (Å²) in [5, 5.41) is 9.26. The van der Waals surface area contributed by atoms with Gasteiger partial charge in [-0.2, -0.15) is 12.7 Å². The predicted molar refractivity (Wildman–Crippen MR) is 97.8 cm³/mol. The number of hydrogen-bond acceptors (Lipinski definition) is 6. The fourth-order valence-electron chi connectivity index (χ4n) is 3.69. The van der Waals surface area contributed by atoms with Crippen molar-refractivity contribution in [3.8, 4) is 11.1 Å². The molecule has 1 unspecified atom stereocenters. The minimum absolute atomic E-state index is 0.120. The van der Waals surface area contributed by atoms with Crippen LogP contribution < -0.4 is 0 Å². The molecule has 8 nitrogen and oxygen atoms in total. The summed E-state index contributed by atoms with van der Waals surface area (Å²) >= 11 is 0. The highest BCUT2D eigenvalue weighted by Gasteiger charge is 2.44. The van der Waals surface area contributed by atoms with Crippen LogP contribution in [0, 0.1) is 0 Å². The fraction of sp³-hybridized carbons (Fsp3) is 0.263. The van der Waals surface area contributed by atoms with E-state index in [4.69, 9.17) is 4.74 Å². The third-order valence-electron chi connectivity index (χ3n) is 4.95. The zero-order chi connectivity index (χ0) is 19.9. The first kappa shape index (κ1) is 18.5. The molecule has 2 aliphatic rings. The number of nitrogens with zero attached hydrogens (tertiary/aromatic N) is 1. The van der Waals surface area contributed by atoms with Gasteiger partial charge in [0.1, 0.15) is 6.61 Å². The van der Waals surface area contributed by atoms with Gasteiger partial charge < -0.3 is 9.84 Å².